The molecule has 0 unspecified atom stereocenters. The summed E-state index contributed by atoms with van der Waals surface area (Å²) in [4.78, 5) is 0. The molecule has 1 aromatic rings. The fourth-order valence-electron chi connectivity index (χ4n) is 2.75. The molecule has 0 amide bonds. The maximum Gasteiger partial charge on any atom is 0.263 e. The minimum atomic E-state index is -2.43. The highest BCUT2D eigenvalue weighted by Crippen LogP contribution is 2.28. The van der Waals surface area contributed by atoms with Crippen molar-refractivity contribution in [2.75, 3.05) is 6.61 Å². The number of nitrogens with one attached hydrogen (secondary N) is 1. The minimum absolute atomic E-state index is 0.0565. The van der Waals surface area contributed by atoms with Crippen molar-refractivity contribution >= 4 is 0 Å². The van der Waals surface area contributed by atoms with Gasteiger partial charge in [0.15, 0.2) is 0 Å². The highest BCUT2D eigenvalue weighted by Gasteiger charge is 2.30. The maximum atomic E-state index is 12.6. The van der Waals surface area contributed by atoms with Crippen molar-refractivity contribution in [3.8, 4) is 0 Å². The van der Waals surface area contributed by atoms with E-state index in [-0.39, 0.29) is 17.7 Å². The summed E-state index contributed by atoms with van der Waals surface area (Å²) in [6.45, 7) is 0.642. The molecule has 2 rings (SSSR count). The van der Waals surface area contributed by atoms with E-state index >= 15 is 0 Å². The lowest BCUT2D eigenvalue weighted by atomic mass is 9.82. The standard InChI is InChI=1S/C15H21F2NO/c16-14(17)13-6-4-5-12(9-13)10-18-15(11-19)7-2-1-3-8-15/h4-6,9,14,18-19H,1-3,7-8,10-11H2. The van der Waals surface area contributed by atoms with Crippen molar-refractivity contribution in [2.45, 2.75) is 50.6 Å². The van der Waals surface area contributed by atoms with Crippen LogP contribution in [0.4, 0.5) is 8.78 Å². The highest BCUT2D eigenvalue weighted by atomic mass is 19.3. The van der Waals surface area contributed by atoms with Gasteiger partial charge in [0.2, 0.25) is 0 Å². The van der Waals surface area contributed by atoms with Crippen LogP contribution in [-0.2, 0) is 6.54 Å². The van der Waals surface area contributed by atoms with Crippen LogP contribution in [0.25, 0.3) is 0 Å². The monoisotopic (exact) mass is 269 g/mol. The summed E-state index contributed by atoms with van der Waals surface area (Å²) in [6.07, 6.45) is 2.93. The van der Waals surface area contributed by atoms with Crippen LogP contribution in [0.3, 0.4) is 0 Å². The number of hydrogen-bond acceptors (Lipinski definition) is 2. The molecule has 1 aliphatic rings. The first-order chi connectivity index (χ1) is 9.15. The van der Waals surface area contributed by atoms with Crippen LogP contribution in [0.5, 0.6) is 0 Å². The summed E-state index contributed by atoms with van der Waals surface area (Å²) in [5.74, 6) is 0. The third-order valence-corrected chi connectivity index (χ3v) is 3.98. The number of benzene rings is 1. The molecule has 1 aliphatic carbocycles. The molecule has 106 valence electrons. The van der Waals surface area contributed by atoms with Gasteiger partial charge in [-0.3, -0.25) is 0 Å². The second kappa shape index (κ2) is 6.44. The van der Waals surface area contributed by atoms with Gasteiger partial charge in [-0.2, -0.15) is 0 Å². The summed E-state index contributed by atoms with van der Waals surface area (Å²) in [5.41, 5.74) is 0.677. The van der Waals surface area contributed by atoms with Gasteiger partial charge in [0.25, 0.3) is 6.43 Å². The Bertz CT molecular complexity index is 403. The van der Waals surface area contributed by atoms with E-state index in [1.54, 1.807) is 6.07 Å². The van der Waals surface area contributed by atoms with E-state index in [4.69, 9.17) is 0 Å². The lowest BCUT2D eigenvalue weighted by Crippen LogP contribution is -2.49. The van der Waals surface area contributed by atoms with Crippen molar-refractivity contribution in [2.24, 2.45) is 0 Å². The zero-order valence-electron chi connectivity index (χ0n) is 11.0. The predicted molar refractivity (Wildman–Crippen MR) is 71.1 cm³/mol. The van der Waals surface area contributed by atoms with Crippen molar-refractivity contribution in [1.82, 2.24) is 5.32 Å². The van der Waals surface area contributed by atoms with Crippen LogP contribution in [0.1, 0.15) is 49.7 Å². The molecular weight excluding hydrogens is 248 g/mol. The van der Waals surface area contributed by atoms with Crippen molar-refractivity contribution in [3.63, 3.8) is 0 Å². The number of halogens is 2. The molecule has 4 heteroatoms. The lowest BCUT2D eigenvalue weighted by Gasteiger charge is -2.36. The van der Waals surface area contributed by atoms with Crippen LogP contribution in [-0.4, -0.2) is 17.3 Å². The normalized spacial score (nSPS) is 18.7. The SMILES string of the molecule is OCC1(NCc2cccc(C(F)F)c2)CCCCC1. The minimum Gasteiger partial charge on any atom is -0.394 e. The Morgan fingerprint density at radius 1 is 1.21 bits per heavy atom. The molecule has 2 nitrogen and oxygen atoms in total. The van der Waals surface area contributed by atoms with Crippen molar-refractivity contribution < 1.29 is 13.9 Å². The molecule has 2 N–H and O–H groups in total. The number of rotatable bonds is 5. The molecule has 0 heterocycles. The van der Waals surface area contributed by atoms with Crippen molar-refractivity contribution in [1.29, 1.82) is 0 Å². The molecule has 19 heavy (non-hydrogen) atoms. The van der Waals surface area contributed by atoms with E-state index < -0.39 is 6.43 Å². The molecule has 1 aromatic carbocycles. The fraction of sp³-hybridized carbons (Fsp3) is 0.600. The van der Waals surface area contributed by atoms with Crippen molar-refractivity contribution in [3.05, 3.63) is 35.4 Å². The van der Waals surface area contributed by atoms with Crippen LogP contribution >= 0.6 is 0 Å². The van der Waals surface area contributed by atoms with E-state index in [0.29, 0.717) is 6.54 Å². The molecule has 0 saturated heterocycles. The van der Waals surface area contributed by atoms with E-state index in [1.165, 1.54) is 18.6 Å². The third-order valence-electron chi connectivity index (χ3n) is 3.98. The van der Waals surface area contributed by atoms with Gasteiger partial charge in [-0.15, -0.1) is 0 Å². The van der Waals surface area contributed by atoms with Gasteiger partial charge in [0.1, 0.15) is 0 Å². The smallest absolute Gasteiger partial charge is 0.263 e. The predicted octanol–water partition coefficient (Wildman–Crippen LogP) is 3.41. The Morgan fingerprint density at radius 3 is 2.58 bits per heavy atom. The number of alkyl halides is 2. The number of aliphatic hydroxyl groups excluding tert-OH is 1. The number of hydrogen-bond donors (Lipinski definition) is 2. The van der Waals surface area contributed by atoms with Gasteiger partial charge in [-0.05, 0) is 24.5 Å². The van der Waals surface area contributed by atoms with E-state index in [1.807, 2.05) is 6.07 Å². The summed E-state index contributed by atoms with van der Waals surface area (Å²) >= 11 is 0. The second-order valence-corrected chi connectivity index (χ2v) is 5.40. The Kier molecular flexibility index (Phi) is 4.88. The molecule has 0 aliphatic heterocycles. The Morgan fingerprint density at radius 2 is 1.95 bits per heavy atom. The molecule has 1 fully saturated rings. The molecule has 1 saturated carbocycles. The average molecular weight is 269 g/mol. The van der Waals surface area contributed by atoms with Crippen LogP contribution in [0.2, 0.25) is 0 Å². The first-order valence-corrected chi connectivity index (χ1v) is 6.88. The third kappa shape index (κ3) is 3.74. The maximum absolute atomic E-state index is 12.6. The van der Waals surface area contributed by atoms with Gasteiger partial charge < -0.3 is 10.4 Å². The Hall–Kier alpha value is -1.00. The lowest BCUT2D eigenvalue weighted by molar-refractivity contribution is 0.119. The van der Waals surface area contributed by atoms with Gasteiger partial charge in [0.05, 0.1) is 6.61 Å². The van der Waals surface area contributed by atoms with E-state index in [0.717, 1.165) is 31.2 Å². The summed E-state index contributed by atoms with van der Waals surface area (Å²) < 4.78 is 25.2. The van der Waals surface area contributed by atoms with Gasteiger partial charge in [0, 0.05) is 17.6 Å². The van der Waals surface area contributed by atoms with Crippen LogP contribution < -0.4 is 5.32 Å². The molecular formula is C15H21F2NO. The second-order valence-electron chi connectivity index (χ2n) is 5.40. The van der Waals surface area contributed by atoms with Crippen LogP contribution in [0.15, 0.2) is 24.3 Å². The van der Waals surface area contributed by atoms with Gasteiger partial charge in [-0.25, -0.2) is 8.78 Å². The molecule has 0 radical (unpaired) electrons. The molecule has 0 spiro atoms. The quantitative estimate of drug-likeness (QED) is 0.858. The topological polar surface area (TPSA) is 32.3 Å². The average Bonchev–Trinajstić information content (AvgIpc) is 2.46. The van der Waals surface area contributed by atoms with Gasteiger partial charge in [-0.1, -0.05) is 37.5 Å². The van der Waals surface area contributed by atoms with Gasteiger partial charge >= 0.3 is 0 Å². The summed E-state index contributed by atoms with van der Waals surface area (Å²) in [6, 6.07) is 6.47. The first-order valence-electron chi connectivity index (χ1n) is 6.88. The summed E-state index contributed by atoms with van der Waals surface area (Å²) in [7, 11) is 0. The summed E-state index contributed by atoms with van der Waals surface area (Å²) in [5, 5.41) is 13.0. The zero-order valence-corrected chi connectivity index (χ0v) is 11.0. The first kappa shape index (κ1) is 14.4. The molecule has 0 bridgehead atoms. The number of aliphatic hydroxyl groups is 1. The highest BCUT2D eigenvalue weighted by molar-refractivity contribution is 5.24. The van der Waals surface area contributed by atoms with E-state index in [9.17, 15) is 13.9 Å². The zero-order chi connectivity index (χ0) is 13.7. The van der Waals surface area contributed by atoms with Crippen LogP contribution in [0, 0.1) is 0 Å². The molecule has 0 atom stereocenters. The Balaban J connectivity index is 1.99. The largest absolute Gasteiger partial charge is 0.394 e. The molecule has 0 aromatic heterocycles. The van der Waals surface area contributed by atoms with E-state index in [2.05, 4.69) is 5.32 Å². The fourth-order valence-corrected chi connectivity index (χ4v) is 2.75. The Labute approximate surface area is 112 Å².